The van der Waals surface area contributed by atoms with Gasteiger partial charge in [0.2, 0.25) is 11.8 Å². The molecule has 0 aliphatic carbocycles. The Hall–Kier alpha value is -2.69. The second kappa shape index (κ2) is 8.76. The Balaban J connectivity index is 1.87. The fourth-order valence-corrected chi connectivity index (χ4v) is 4.33. The fraction of sp³-hybridized carbons (Fsp3) is 0.417. The average molecular weight is 397 g/mol. The van der Waals surface area contributed by atoms with E-state index in [9.17, 15) is 14.0 Å². The van der Waals surface area contributed by atoms with Gasteiger partial charge in [-0.3, -0.25) is 9.59 Å². The summed E-state index contributed by atoms with van der Waals surface area (Å²) in [6.45, 7) is 3.01. The summed E-state index contributed by atoms with van der Waals surface area (Å²) in [6, 6.07) is 14.4. The van der Waals surface area contributed by atoms with E-state index in [-0.39, 0.29) is 17.6 Å². The third-order valence-electron chi connectivity index (χ3n) is 5.77. The summed E-state index contributed by atoms with van der Waals surface area (Å²) in [5.41, 5.74) is 1.78. The molecule has 0 saturated carbocycles. The van der Waals surface area contributed by atoms with E-state index in [0.29, 0.717) is 31.5 Å². The highest BCUT2D eigenvalue weighted by molar-refractivity contribution is 5.84. The molecule has 3 rings (SSSR count). The van der Waals surface area contributed by atoms with Gasteiger partial charge >= 0.3 is 0 Å². The molecule has 2 aromatic rings. The zero-order valence-electron chi connectivity index (χ0n) is 17.5. The number of amides is 2. The first-order chi connectivity index (χ1) is 13.9. The summed E-state index contributed by atoms with van der Waals surface area (Å²) in [7, 11) is 3.54. The van der Waals surface area contributed by atoms with Gasteiger partial charge < -0.3 is 9.80 Å². The van der Waals surface area contributed by atoms with Crippen molar-refractivity contribution in [2.75, 3.05) is 27.2 Å². The first-order valence-electron chi connectivity index (χ1n) is 10.2. The van der Waals surface area contributed by atoms with Gasteiger partial charge in [-0.25, -0.2) is 4.39 Å². The molecule has 0 unspecified atom stereocenters. The highest BCUT2D eigenvalue weighted by Crippen LogP contribution is 2.36. The third kappa shape index (κ3) is 4.50. The van der Waals surface area contributed by atoms with Crippen LogP contribution in [0.5, 0.6) is 0 Å². The van der Waals surface area contributed by atoms with Crippen molar-refractivity contribution in [2.24, 2.45) is 5.41 Å². The molecule has 2 amide bonds. The van der Waals surface area contributed by atoms with Crippen molar-refractivity contribution in [3.8, 4) is 11.1 Å². The topological polar surface area (TPSA) is 40.6 Å². The molecule has 1 aliphatic heterocycles. The maximum Gasteiger partial charge on any atom is 0.230 e. The van der Waals surface area contributed by atoms with Gasteiger partial charge in [-0.2, -0.15) is 0 Å². The minimum absolute atomic E-state index is 0.0595. The summed E-state index contributed by atoms with van der Waals surface area (Å²) in [6.07, 6.45) is 2.59. The first-order valence-corrected chi connectivity index (χ1v) is 10.2. The zero-order chi connectivity index (χ0) is 21.0. The van der Waals surface area contributed by atoms with Crippen molar-refractivity contribution in [2.45, 2.75) is 32.6 Å². The number of nitrogens with zero attached hydrogens (tertiary/aromatic N) is 2. The van der Waals surface area contributed by atoms with Crippen LogP contribution >= 0.6 is 0 Å². The Bertz CT molecular complexity index is 879. The molecule has 1 fully saturated rings. The molecule has 0 aromatic heterocycles. The summed E-state index contributed by atoms with van der Waals surface area (Å²) in [4.78, 5) is 28.9. The molecular weight excluding hydrogens is 367 g/mol. The van der Waals surface area contributed by atoms with Crippen molar-refractivity contribution in [1.82, 2.24) is 9.80 Å². The second-order valence-corrected chi connectivity index (χ2v) is 8.11. The molecule has 1 heterocycles. The van der Waals surface area contributed by atoms with Gasteiger partial charge in [-0.15, -0.1) is 0 Å². The molecule has 154 valence electrons. The molecular formula is C24H29FN2O2. The van der Waals surface area contributed by atoms with E-state index in [4.69, 9.17) is 0 Å². The van der Waals surface area contributed by atoms with Crippen LogP contribution in [0.25, 0.3) is 11.1 Å². The number of rotatable bonds is 5. The lowest BCUT2D eigenvalue weighted by Gasteiger charge is -2.43. The zero-order valence-corrected chi connectivity index (χ0v) is 17.5. The standard InChI is InChI=1S/C24H29FN2O2/c1-4-22(28)27-15-7-14-24(17-27,23(29)26(2)3)16-18-10-12-19(13-11-18)20-8-5-6-9-21(20)25/h5-6,8-13H,4,7,14-17H2,1-3H3/t24-/m0/s1. The molecule has 0 radical (unpaired) electrons. The second-order valence-electron chi connectivity index (χ2n) is 8.11. The predicted octanol–water partition coefficient (Wildman–Crippen LogP) is 4.14. The smallest absolute Gasteiger partial charge is 0.230 e. The summed E-state index contributed by atoms with van der Waals surface area (Å²) in [5.74, 6) is -0.0969. The minimum Gasteiger partial charge on any atom is -0.348 e. The molecule has 1 saturated heterocycles. The maximum atomic E-state index is 14.1. The van der Waals surface area contributed by atoms with Crippen LogP contribution in [-0.2, 0) is 16.0 Å². The Morgan fingerprint density at radius 3 is 2.41 bits per heavy atom. The van der Waals surface area contributed by atoms with Crippen LogP contribution in [-0.4, -0.2) is 48.8 Å². The summed E-state index contributed by atoms with van der Waals surface area (Å²) in [5, 5.41) is 0. The van der Waals surface area contributed by atoms with Crippen LogP contribution in [0, 0.1) is 11.2 Å². The normalized spacial score (nSPS) is 19.1. The average Bonchev–Trinajstić information content (AvgIpc) is 2.73. The molecule has 5 heteroatoms. The fourth-order valence-electron chi connectivity index (χ4n) is 4.33. The number of halogens is 1. The van der Waals surface area contributed by atoms with Crippen LogP contribution in [0.4, 0.5) is 4.39 Å². The van der Waals surface area contributed by atoms with Gasteiger partial charge in [0.15, 0.2) is 0 Å². The van der Waals surface area contributed by atoms with Crippen molar-refractivity contribution in [3.63, 3.8) is 0 Å². The molecule has 0 N–H and O–H groups in total. The van der Waals surface area contributed by atoms with E-state index >= 15 is 0 Å². The molecule has 1 aliphatic rings. The third-order valence-corrected chi connectivity index (χ3v) is 5.77. The number of hydrogen-bond acceptors (Lipinski definition) is 2. The first kappa shape index (κ1) is 21.0. The number of likely N-dealkylation sites (tertiary alicyclic amines) is 1. The van der Waals surface area contributed by atoms with Gasteiger partial charge in [-0.1, -0.05) is 49.4 Å². The molecule has 0 bridgehead atoms. The quantitative estimate of drug-likeness (QED) is 0.762. The van der Waals surface area contributed by atoms with E-state index in [1.165, 1.54) is 6.07 Å². The van der Waals surface area contributed by atoms with Crippen molar-refractivity contribution >= 4 is 11.8 Å². The lowest BCUT2D eigenvalue weighted by atomic mass is 9.73. The van der Waals surface area contributed by atoms with Crippen molar-refractivity contribution in [1.29, 1.82) is 0 Å². The minimum atomic E-state index is -0.619. The SMILES string of the molecule is CCC(=O)N1CCC[C@@](Cc2ccc(-c3ccccc3F)cc2)(C(=O)N(C)C)C1. The Labute approximate surface area is 172 Å². The number of hydrogen-bond donors (Lipinski definition) is 0. The predicted molar refractivity (Wildman–Crippen MR) is 113 cm³/mol. The van der Waals surface area contributed by atoms with Crippen LogP contribution < -0.4 is 0 Å². The van der Waals surface area contributed by atoms with E-state index in [2.05, 4.69) is 0 Å². The summed E-state index contributed by atoms with van der Waals surface area (Å²) >= 11 is 0. The van der Waals surface area contributed by atoms with Crippen LogP contribution in [0.2, 0.25) is 0 Å². The van der Waals surface area contributed by atoms with Crippen LogP contribution in [0.15, 0.2) is 48.5 Å². The Kier molecular flexibility index (Phi) is 6.36. The van der Waals surface area contributed by atoms with E-state index in [1.54, 1.807) is 31.1 Å². The number of carbonyl (C=O) groups excluding carboxylic acids is 2. The van der Waals surface area contributed by atoms with E-state index in [0.717, 1.165) is 24.0 Å². The van der Waals surface area contributed by atoms with E-state index in [1.807, 2.05) is 42.2 Å². The Morgan fingerprint density at radius 2 is 1.79 bits per heavy atom. The van der Waals surface area contributed by atoms with Gasteiger partial charge in [0.05, 0.1) is 5.41 Å². The highest BCUT2D eigenvalue weighted by Gasteiger charge is 2.44. The summed E-state index contributed by atoms with van der Waals surface area (Å²) < 4.78 is 14.1. The molecule has 29 heavy (non-hydrogen) atoms. The number of piperidine rings is 1. The molecule has 4 nitrogen and oxygen atoms in total. The van der Waals surface area contributed by atoms with Gasteiger partial charge in [0.25, 0.3) is 0 Å². The molecule has 2 aromatic carbocycles. The number of benzene rings is 2. The van der Waals surface area contributed by atoms with Crippen LogP contribution in [0.3, 0.4) is 0 Å². The largest absolute Gasteiger partial charge is 0.348 e. The lowest BCUT2D eigenvalue weighted by molar-refractivity contribution is -0.147. The van der Waals surface area contributed by atoms with Crippen molar-refractivity contribution in [3.05, 3.63) is 59.9 Å². The van der Waals surface area contributed by atoms with Crippen LogP contribution in [0.1, 0.15) is 31.7 Å². The highest BCUT2D eigenvalue weighted by atomic mass is 19.1. The Morgan fingerprint density at radius 1 is 1.10 bits per heavy atom. The van der Waals surface area contributed by atoms with E-state index < -0.39 is 5.41 Å². The molecule has 0 spiro atoms. The number of carbonyl (C=O) groups is 2. The van der Waals surface area contributed by atoms with Gasteiger partial charge in [-0.05, 0) is 36.5 Å². The van der Waals surface area contributed by atoms with Gasteiger partial charge in [0.1, 0.15) is 5.82 Å². The lowest BCUT2D eigenvalue weighted by Crippen LogP contribution is -2.54. The molecule has 1 atom stereocenters. The van der Waals surface area contributed by atoms with Crippen molar-refractivity contribution < 1.29 is 14.0 Å². The monoisotopic (exact) mass is 396 g/mol. The van der Waals surface area contributed by atoms with Gasteiger partial charge in [0, 0.05) is 39.2 Å². The maximum absolute atomic E-state index is 14.1.